The highest BCUT2D eigenvalue weighted by molar-refractivity contribution is 6.17. The lowest BCUT2D eigenvalue weighted by Gasteiger charge is -2.30. The van der Waals surface area contributed by atoms with Gasteiger partial charge in [-0.1, -0.05) is 194 Å². The minimum absolute atomic E-state index is 1.09. The molecule has 0 fully saturated rings. The van der Waals surface area contributed by atoms with Crippen LogP contribution in [0, 0.1) is 0 Å². The molecule has 12 aromatic carbocycles. The zero-order chi connectivity index (χ0) is 43.6. The fourth-order valence-electron chi connectivity index (χ4n) is 10.5. The Hall–Kier alpha value is -8.72. The van der Waals surface area contributed by atoms with Crippen molar-refractivity contribution in [3.05, 3.63) is 255 Å². The van der Waals surface area contributed by atoms with E-state index < -0.39 is 0 Å². The second-order valence-electron chi connectivity index (χ2n) is 17.3. The normalized spacial score (nSPS) is 11.6. The third kappa shape index (κ3) is 6.18. The van der Waals surface area contributed by atoms with E-state index in [2.05, 4.69) is 264 Å². The molecule has 13 aromatic rings. The second-order valence-corrected chi connectivity index (χ2v) is 17.3. The van der Waals surface area contributed by atoms with Gasteiger partial charge in [0.1, 0.15) is 0 Å². The highest BCUT2D eigenvalue weighted by Gasteiger charge is 2.22. The van der Waals surface area contributed by atoms with Crippen LogP contribution in [0.1, 0.15) is 0 Å². The summed E-state index contributed by atoms with van der Waals surface area (Å²) in [6.07, 6.45) is 0. The third-order valence-corrected chi connectivity index (χ3v) is 13.5. The molecular weight excluding hydrogens is 797 g/mol. The molecule has 0 aliphatic rings. The van der Waals surface area contributed by atoms with Crippen LogP contribution < -0.4 is 4.90 Å². The summed E-state index contributed by atoms with van der Waals surface area (Å²) in [5, 5.41) is 12.5. The third-order valence-electron chi connectivity index (χ3n) is 13.5. The summed E-state index contributed by atoms with van der Waals surface area (Å²) >= 11 is 0. The van der Waals surface area contributed by atoms with E-state index in [0.717, 1.165) is 33.9 Å². The molecule has 0 spiro atoms. The Morgan fingerprint density at radius 3 is 1.67 bits per heavy atom. The van der Waals surface area contributed by atoms with Crippen molar-refractivity contribution in [3.63, 3.8) is 0 Å². The van der Waals surface area contributed by atoms with E-state index in [9.17, 15) is 0 Å². The number of para-hydroxylation sites is 3. The van der Waals surface area contributed by atoms with E-state index in [1.165, 1.54) is 87.1 Å². The molecule has 0 N–H and O–H groups in total. The van der Waals surface area contributed by atoms with Crippen molar-refractivity contribution in [2.75, 3.05) is 4.90 Å². The summed E-state index contributed by atoms with van der Waals surface area (Å²) in [7, 11) is 0. The minimum atomic E-state index is 1.09. The molecule has 0 amide bonds. The van der Waals surface area contributed by atoms with Gasteiger partial charge in [0.2, 0.25) is 0 Å². The monoisotopic (exact) mass is 838 g/mol. The molecule has 13 rings (SSSR count). The molecule has 0 bridgehead atoms. The van der Waals surface area contributed by atoms with Crippen LogP contribution >= 0.6 is 0 Å². The first-order valence-electron chi connectivity index (χ1n) is 22.8. The average Bonchev–Trinajstić information content (AvgIpc) is 3.74. The van der Waals surface area contributed by atoms with Gasteiger partial charge in [-0.25, -0.2) is 0 Å². The van der Waals surface area contributed by atoms with Crippen molar-refractivity contribution < 1.29 is 0 Å². The molecule has 1 heterocycles. The first-order chi connectivity index (χ1) is 32.7. The van der Waals surface area contributed by atoms with Crippen LogP contribution in [0.5, 0.6) is 0 Å². The molecule has 0 radical (unpaired) electrons. The SMILES string of the molecule is c1ccc(-n2c3ccccc3c3c(-c4cccc(-c5ccccc5N(c5ccc(-c6ccc7c(ccc8ccccc87)c6)cc5)c5cc6ccccc6c6ccccc56)c4)cccc32)cc1. The molecule has 0 aliphatic carbocycles. The van der Waals surface area contributed by atoms with Crippen LogP contribution in [-0.2, 0) is 0 Å². The first kappa shape index (κ1) is 37.8. The van der Waals surface area contributed by atoms with Gasteiger partial charge in [0.25, 0.3) is 0 Å². The average molecular weight is 839 g/mol. The second kappa shape index (κ2) is 15.5. The molecule has 0 unspecified atom stereocenters. The zero-order valence-corrected chi connectivity index (χ0v) is 36.1. The summed E-state index contributed by atoms with van der Waals surface area (Å²) in [5.74, 6) is 0. The van der Waals surface area contributed by atoms with Crippen LogP contribution in [0.4, 0.5) is 17.1 Å². The van der Waals surface area contributed by atoms with E-state index in [-0.39, 0.29) is 0 Å². The molecule has 308 valence electrons. The van der Waals surface area contributed by atoms with Gasteiger partial charge in [-0.3, -0.25) is 0 Å². The van der Waals surface area contributed by atoms with Gasteiger partial charge in [-0.2, -0.15) is 0 Å². The number of hydrogen-bond donors (Lipinski definition) is 0. The topological polar surface area (TPSA) is 8.17 Å². The Morgan fingerprint density at radius 2 is 0.833 bits per heavy atom. The van der Waals surface area contributed by atoms with Crippen molar-refractivity contribution in [2.45, 2.75) is 0 Å². The fourth-order valence-corrected chi connectivity index (χ4v) is 10.5. The smallest absolute Gasteiger partial charge is 0.0547 e. The van der Waals surface area contributed by atoms with Gasteiger partial charge in [-0.05, 0) is 126 Å². The molecule has 1 aromatic heterocycles. The van der Waals surface area contributed by atoms with Gasteiger partial charge >= 0.3 is 0 Å². The zero-order valence-electron chi connectivity index (χ0n) is 36.1. The maximum atomic E-state index is 2.47. The lowest BCUT2D eigenvalue weighted by atomic mass is 9.94. The number of rotatable bonds is 7. The molecular formula is C64H42N2. The Labute approximate surface area is 383 Å². The number of anilines is 3. The number of aromatic nitrogens is 1. The Bertz CT molecular complexity index is 3990. The lowest BCUT2D eigenvalue weighted by molar-refractivity contribution is 1.18. The molecule has 0 saturated carbocycles. The van der Waals surface area contributed by atoms with Crippen molar-refractivity contribution in [1.82, 2.24) is 4.57 Å². The Balaban J connectivity index is 0.981. The number of benzene rings is 12. The van der Waals surface area contributed by atoms with Crippen LogP contribution in [-0.4, -0.2) is 4.57 Å². The van der Waals surface area contributed by atoms with E-state index in [0.29, 0.717) is 0 Å². The van der Waals surface area contributed by atoms with Crippen LogP contribution in [0.25, 0.3) is 104 Å². The molecule has 0 aliphatic heterocycles. The molecule has 2 heteroatoms. The maximum absolute atomic E-state index is 2.47. The summed E-state index contributed by atoms with van der Waals surface area (Å²) in [6.45, 7) is 0. The standard InChI is InChI=1S/C64H42N2/c1-2-20-50(21-3-1)65-61-30-13-11-27-59(61)64-56(28-15-31-62(64)65)47-19-14-18-46(41-47)55-24-10-12-29-60(55)66(63-42-48-17-5-7-23-53(48)57-25-8-9-26-58(57)63)51-37-34-43(35-38-51)45-36-39-54-49(40-45)33-32-44-16-4-6-22-52(44)54/h1-42H. The number of fused-ring (bicyclic) bond motifs is 9. The van der Waals surface area contributed by atoms with Gasteiger partial charge in [0.05, 0.1) is 22.4 Å². The highest BCUT2D eigenvalue weighted by Crippen LogP contribution is 2.47. The van der Waals surface area contributed by atoms with Gasteiger partial charge < -0.3 is 9.47 Å². The van der Waals surface area contributed by atoms with Gasteiger partial charge in [0.15, 0.2) is 0 Å². The van der Waals surface area contributed by atoms with Crippen molar-refractivity contribution in [3.8, 4) is 39.1 Å². The van der Waals surface area contributed by atoms with Crippen LogP contribution in [0.2, 0.25) is 0 Å². The lowest BCUT2D eigenvalue weighted by Crippen LogP contribution is -2.12. The van der Waals surface area contributed by atoms with E-state index in [4.69, 9.17) is 0 Å². The largest absolute Gasteiger partial charge is 0.309 e. The summed E-state index contributed by atoms with van der Waals surface area (Å²) < 4.78 is 2.39. The van der Waals surface area contributed by atoms with Crippen molar-refractivity contribution >= 4 is 82.0 Å². The summed E-state index contributed by atoms with van der Waals surface area (Å²) in [6, 6.07) is 93.4. The predicted octanol–water partition coefficient (Wildman–Crippen LogP) is 17.9. The first-order valence-corrected chi connectivity index (χ1v) is 22.8. The molecule has 0 saturated heterocycles. The van der Waals surface area contributed by atoms with Gasteiger partial charge in [-0.15, -0.1) is 0 Å². The predicted molar refractivity (Wildman–Crippen MR) is 282 cm³/mol. The molecule has 2 nitrogen and oxygen atoms in total. The van der Waals surface area contributed by atoms with Crippen LogP contribution in [0.3, 0.4) is 0 Å². The Morgan fingerprint density at radius 1 is 0.273 bits per heavy atom. The van der Waals surface area contributed by atoms with Crippen LogP contribution in [0.15, 0.2) is 255 Å². The summed E-state index contributed by atoms with van der Waals surface area (Å²) in [5.41, 5.74) is 14.0. The Kier molecular flexibility index (Phi) is 8.89. The van der Waals surface area contributed by atoms with E-state index in [1.54, 1.807) is 0 Å². The van der Waals surface area contributed by atoms with E-state index >= 15 is 0 Å². The van der Waals surface area contributed by atoms with E-state index in [1.807, 2.05) is 0 Å². The molecule has 0 atom stereocenters. The molecule has 66 heavy (non-hydrogen) atoms. The number of hydrogen-bond acceptors (Lipinski definition) is 1. The quantitative estimate of drug-likeness (QED) is 0.145. The summed E-state index contributed by atoms with van der Waals surface area (Å²) in [4.78, 5) is 2.47. The highest BCUT2D eigenvalue weighted by atomic mass is 15.1. The fraction of sp³-hybridized carbons (Fsp3) is 0. The maximum Gasteiger partial charge on any atom is 0.0547 e. The minimum Gasteiger partial charge on any atom is -0.309 e. The van der Waals surface area contributed by atoms with Crippen molar-refractivity contribution in [2.24, 2.45) is 0 Å². The number of nitrogens with zero attached hydrogens (tertiary/aromatic N) is 2. The van der Waals surface area contributed by atoms with Crippen molar-refractivity contribution in [1.29, 1.82) is 0 Å². The van der Waals surface area contributed by atoms with Gasteiger partial charge in [0, 0.05) is 33.1 Å².